The number of imidazole rings is 1. The van der Waals surface area contributed by atoms with Crippen molar-refractivity contribution in [2.45, 2.75) is 20.3 Å². The van der Waals surface area contributed by atoms with Crippen LogP contribution in [0.4, 0.5) is 11.5 Å². The second-order valence-electron chi connectivity index (χ2n) is 7.84. The van der Waals surface area contributed by atoms with Gasteiger partial charge in [-0.15, -0.1) is 0 Å². The van der Waals surface area contributed by atoms with Crippen molar-refractivity contribution in [3.05, 3.63) is 71.3 Å². The summed E-state index contributed by atoms with van der Waals surface area (Å²) < 4.78 is 2.22. The molecule has 0 spiro atoms. The van der Waals surface area contributed by atoms with Crippen molar-refractivity contribution in [1.29, 1.82) is 5.26 Å². The highest BCUT2D eigenvalue weighted by Gasteiger charge is 2.26. The van der Waals surface area contributed by atoms with E-state index in [1.54, 1.807) is 0 Å². The molecular formula is C25H25N5. The minimum atomic E-state index is 0.690. The second-order valence-corrected chi connectivity index (χ2v) is 7.84. The maximum absolute atomic E-state index is 9.90. The van der Waals surface area contributed by atoms with E-state index in [0.717, 1.165) is 54.8 Å². The summed E-state index contributed by atoms with van der Waals surface area (Å²) in [5.74, 6) is 1.20. The molecule has 1 saturated heterocycles. The molecule has 30 heavy (non-hydrogen) atoms. The maximum Gasteiger partial charge on any atom is 0.157 e. The van der Waals surface area contributed by atoms with Crippen LogP contribution < -0.4 is 9.80 Å². The Balaban J connectivity index is 1.65. The van der Waals surface area contributed by atoms with Crippen molar-refractivity contribution in [1.82, 2.24) is 9.38 Å². The van der Waals surface area contributed by atoms with Gasteiger partial charge in [0.2, 0.25) is 0 Å². The first-order valence-corrected chi connectivity index (χ1v) is 10.6. The number of hydrogen-bond acceptors (Lipinski definition) is 4. The van der Waals surface area contributed by atoms with Crippen molar-refractivity contribution in [2.24, 2.45) is 0 Å². The molecule has 0 atom stereocenters. The fourth-order valence-electron chi connectivity index (χ4n) is 4.73. The van der Waals surface area contributed by atoms with Gasteiger partial charge in [0, 0.05) is 31.9 Å². The van der Waals surface area contributed by atoms with Crippen LogP contribution in [0.25, 0.3) is 16.7 Å². The van der Waals surface area contributed by atoms with E-state index in [0.29, 0.717) is 5.56 Å². The number of anilines is 2. The lowest BCUT2D eigenvalue weighted by molar-refractivity contribution is 0.642. The minimum Gasteiger partial charge on any atom is -0.368 e. The predicted molar refractivity (Wildman–Crippen MR) is 122 cm³/mol. The average Bonchev–Trinajstić information content (AvgIpc) is 3.18. The summed E-state index contributed by atoms with van der Waals surface area (Å²) in [5, 5.41) is 9.90. The lowest BCUT2D eigenvalue weighted by Gasteiger charge is -2.38. The Morgan fingerprint density at radius 2 is 1.60 bits per heavy atom. The maximum atomic E-state index is 9.90. The third-order valence-electron chi connectivity index (χ3n) is 6.26. The van der Waals surface area contributed by atoms with Crippen LogP contribution in [0.1, 0.15) is 23.6 Å². The summed E-state index contributed by atoms with van der Waals surface area (Å²) in [4.78, 5) is 9.77. The van der Waals surface area contributed by atoms with Crippen molar-refractivity contribution in [3.8, 4) is 6.07 Å². The van der Waals surface area contributed by atoms with Crippen LogP contribution in [0.15, 0.2) is 54.6 Å². The molecule has 1 fully saturated rings. The van der Waals surface area contributed by atoms with Gasteiger partial charge in [0.15, 0.2) is 5.65 Å². The molecule has 5 nitrogen and oxygen atoms in total. The number of fused-ring (bicyclic) bond motifs is 3. The molecule has 1 aliphatic rings. The number of pyridine rings is 1. The zero-order chi connectivity index (χ0) is 20.7. The van der Waals surface area contributed by atoms with E-state index in [1.807, 2.05) is 18.2 Å². The zero-order valence-corrected chi connectivity index (χ0v) is 17.5. The fraction of sp³-hybridized carbons (Fsp3) is 0.280. The number of benzene rings is 2. The molecule has 0 saturated carbocycles. The number of rotatable bonds is 3. The Labute approximate surface area is 176 Å². The van der Waals surface area contributed by atoms with Crippen molar-refractivity contribution < 1.29 is 0 Å². The lowest BCUT2D eigenvalue weighted by atomic mass is 10.0. The molecule has 0 amide bonds. The van der Waals surface area contributed by atoms with Gasteiger partial charge in [0.05, 0.1) is 16.6 Å². The first-order chi connectivity index (χ1) is 14.7. The molecule has 0 bridgehead atoms. The van der Waals surface area contributed by atoms with Gasteiger partial charge in [-0.05, 0) is 48.7 Å². The Bertz CT molecular complexity index is 1260. The third-order valence-corrected chi connectivity index (χ3v) is 6.26. The van der Waals surface area contributed by atoms with E-state index in [1.165, 1.54) is 17.1 Å². The Hall–Kier alpha value is -3.52. The van der Waals surface area contributed by atoms with Gasteiger partial charge in [-0.25, -0.2) is 4.98 Å². The van der Waals surface area contributed by atoms with E-state index in [2.05, 4.69) is 70.5 Å². The van der Waals surface area contributed by atoms with Crippen LogP contribution in [0.5, 0.6) is 0 Å². The monoisotopic (exact) mass is 395 g/mol. The molecule has 150 valence electrons. The van der Waals surface area contributed by atoms with Crippen LogP contribution in [-0.2, 0) is 6.42 Å². The smallest absolute Gasteiger partial charge is 0.157 e. The molecule has 0 unspecified atom stereocenters. The number of nitrogens with zero attached hydrogens (tertiary/aromatic N) is 5. The average molecular weight is 396 g/mol. The molecule has 0 radical (unpaired) electrons. The van der Waals surface area contributed by atoms with E-state index in [-0.39, 0.29) is 0 Å². The van der Waals surface area contributed by atoms with E-state index >= 15 is 0 Å². The Morgan fingerprint density at radius 1 is 0.933 bits per heavy atom. The number of nitriles is 1. The minimum absolute atomic E-state index is 0.690. The van der Waals surface area contributed by atoms with Crippen LogP contribution in [0.2, 0.25) is 0 Å². The standard InChI is InChI=1S/C25H25N5/c1-3-20-18(2)21(17-26)24-27-22-11-7-8-12-23(22)30(24)25(20)29-15-13-28(14-16-29)19-9-5-4-6-10-19/h4-12H,3,13-16H2,1-2H3. The SMILES string of the molecule is CCc1c(C)c(C#N)c2nc3ccccc3n2c1N1CCN(c2ccccc2)CC1. The summed E-state index contributed by atoms with van der Waals surface area (Å²) in [6.45, 7) is 8.07. The highest BCUT2D eigenvalue weighted by atomic mass is 15.3. The van der Waals surface area contributed by atoms with Crippen LogP contribution in [-0.4, -0.2) is 35.6 Å². The number of aromatic nitrogens is 2. The molecule has 3 heterocycles. The van der Waals surface area contributed by atoms with Gasteiger partial charge >= 0.3 is 0 Å². The Kier molecular flexibility index (Phi) is 4.55. The topological polar surface area (TPSA) is 47.6 Å². The number of para-hydroxylation sites is 3. The first kappa shape index (κ1) is 18.5. The molecule has 0 N–H and O–H groups in total. The Morgan fingerprint density at radius 3 is 2.30 bits per heavy atom. The molecular weight excluding hydrogens is 370 g/mol. The van der Waals surface area contributed by atoms with Crippen LogP contribution in [0.3, 0.4) is 0 Å². The second kappa shape index (κ2) is 7.38. The molecule has 0 aliphatic carbocycles. The van der Waals surface area contributed by atoms with E-state index < -0.39 is 0 Å². The summed E-state index contributed by atoms with van der Waals surface area (Å²) in [6.07, 6.45) is 0.886. The van der Waals surface area contributed by atoms with Gasteiger partial charge < -0.3 is 9.80 Å². The highest BCUT2D eigenvalue weighted by molar-refractivity contribution is 5.86. The quantitative estimate of drug-likeness (QED) is 0.510. The summed E-state index contributed by atoms with van der Waals surface area (Å²) in [5.41, 5.74) is 7.05. The molecule has 1 aliphatic heterocycles. The largest absolute Gasteiger partial charge is 0.368 e. The van der Waals surface area contributed by atoms with Gasteiger partial charge in [-0.2, -0.15) is 5.26 Å². The van der Waals surface area contributed by atoms with Crippen molar-refractivity contribution >= 4 is 28.2 Å². The normalized spacial score (nSPS) is 14.4. The van der Waals surface area contributed by atoms with E-state index in [4.69, 9.17) is 4.98 Å². The van der Waals surface area contributed by atoms with Gasteiger partial charge in [0.1, 0.15) is 11.9 Å². The zero-order valence-electron chi connectivity index (χ0n) is 17.5. The third kappa shape index (κ3) is 2.80. The van der Waals surface area contributed by atoms with Crippen molar-refractivity contribution in [2.75, 3.05) is 36.0 Å². The highest BCUT2D eigenvalue weighted by Crippen LogP contribution is 2.34. The molecule has 4 aromatic rings. The number of piperazine rings is 1. The summed E-state index contributed by atoms with van der Waals surface area (Å²) in [6, 6.07) is 21.2. The van der Waals surface area contributed by atoms with Crippen LogP contribution >= 0.6 is 0 Å². The molecule has 5 rings (SSSR count). The predicted octanol–water partition coefficient (Wildman–Crippen LogP) is 4.56. The number of hydrogen-bond donors (Lipinski definition) is 0. The van der Waals surface area contributed by atoms with Gasteiger partial charge in [0.25, 0.3) is 0 Å². The van der Waals surface area contributed by atoms with Crippen LogP contribution in [0, 0.1) is 18.3 Å². The summed E-state index contributed by atoms with van der Waals surface area (Å²) in [7, 11) is 0. The molecule has 5 heteroatoms. The van der Waals surface area contributed by atoms with E-state index in [9.17, 15) is 5.26 Å². The lowest BCUT2D eigenvalue weighted by Crippen LogP contribution is -2.47. The van der Waals surface area contributed by atoms with Crippen molar-refractivity contribution in [3.63, 3.8) is 0 Å². The first-order valence-electron chi connectivity index (χ1n) is 10.6. The van der Waals surface area contributed by atoms with Gasteiger partial charge in [-0.1, -0.05) is 37.3 Å². The summed E-state index contributed by atoms with van der Waals surface area (Å²) >= 11 is 0. The molecule has 2 aromatic carbocycles. The molecule has 2 aromatic heterocycles. The fourth-order valence-corrected chi connectivity index (χ4v) is 4.73. The van der Waals surface area contributed by atoms with Gasteiger partial charge in [-0.3, -0.25) is 4.40 Å².